The monoisotopic (exact) mass is 282 g/mol. The number of aryl methyl sites for hydroxylation is 3. The molecule has 0 fully saturated rings. The molecule has 2 rings (SSSR count). The zero-order chi connectivity index (χ0) is 15.4. The lowest BCUT2D eigenvalue weighted by molar-refractivity contribution is 0.363. The maximum absolute atomic E-state index is 12.5. The summed E-state index contributed by atoms with van der Waals surface area (Å²) < 4.78 is 7.05. The summed E-state index contributed by atoms with van der Waals surface area (Å²) in [6.45, 7) is 5.79. The topological polar surface area (TPSA) is 44.1 Å². The summed E-state index contributed by atoms with van der Waals surface area (Å²) in [5.74, 6) is 6.13. The van der Waals surface area contributed by atoms with Gasteiger partial charge in [-0.15, -0.1) is 5.92 Å². The van der Waals surface area contributed by atoms with Crippen LogP contribution in [0, 0.1) is 25.7 Å². The van der Waals surface area contributed by atoms with Crippen molar-refractivity contribution < 1.29 is 4.74 Å². The van der Waals surface area contributed by atoms with Crippen molar-refractivity contribution in [2.24, 2.45) is 7.05 Å². The van der Waals surface area contributed by atoms with Crippen molar-refractivity contribution in [2.75, 3.05) is 6.61 Å². The highest BCUT2D eigenvalue weighted by atomic mass is 16.5. The first-order valence-electron chi connectivity index (χ1n) is 6.72. The molecule has 0 saturated heterocycles. The van der Waals surface area contributed by atoms with Gasteiger partial charge < -0.3 is 4.74 Å². The second-order valence-corrected chi connectivity index (χ2v) is 4.75. The summed E-state index contributed by atoms with van der Waals surface area (Å²) in [6, 6.07) is 7.75. The van der Waals surface area contributed by atoms with E-state index in [2.05, 4.69) is 16.9 Å². The van der Waals surface area contributed by atoms with Crippen LogP contribution in [0.4, 0.5) is 0 Å². The van der Waals surface area contributed by atoms with Crippen LogP contribution in [0.25, 0.3) is 11.1 Å². The van der Waals surface area contributed by atoms with Gasteiger partial charge in [-0.3, -0.25) is 4.79 Å². The van der Waals surface area contributed by atoms with E-state index in [0.29, 0.717) is 17.0 Å². The lowest BCUT2D eigenvalue weighted by atomic mass is 10.0. The Morgan fingerprint density at radius 1 is 1.29 bits per heavy atom. The first-order valence-corrected chi connectivity index (χ1v) is 6.72. The molecule has 4 heteroatoms. The molecule has 2 aromatic rings. The van der Waals surface area contributed by atoms with E-state index in [9.17, 15) is 4.79 Å². The number of nitrogens with zero attached hydrogens (tertiary/aromatic N) is 2. The molecule has 0 unspecified atom stereocenters. The number of hydrogen-bond donors (Lipinski definition) is 0. The summed E-state index contributed by atoms with van der Waals surface area (Å²) in [5, 5.41) is 4.20. The van der Waals surface area contributed by atoms with E-state index in [1.165, 1.54) is 4.68 Å². The molecular weight excluding hydrogens is 264 g/mol. The standard InChI is InChI=1S/C17H18N2O2/c1-5-6-11-21-16-13(3)18-19(4)17(20)15(16)14-10-8-7-9-12(14)2/h7-10H,11H2,1-4H3. The Balaban J connectivity index is 2.69. The molecule has 1 heterocycles. The molecular formula is C17H18N2O2. The van der Waals surface area contributed by atoms with E-state index in [-0.39, 0.29) is 12.2 Å². The molecule has 0 aliphatic rings. The van der Waals surface area contributed by atoms with Gasteiger partial charge in [0.2, 0.25) is 0 Å². The van der Waals surface area contributed by atoms with Crippen LogP contribution in [0.15, 0.2) is 29.1 Å². The zero-order valence-electron chi connectivity index (χ0n) is 12.7. The summed E-state index contributed by atoms with van der Waals surface area (Å²) in [6.07, 6.45) is 0. The molecule has 0 amide bonds. The normalized spacial score (nSPS) is 9.90. The van der Waals surface area contributed by atoms with Gasteiger partial charge in [0.05, 0.1) is 5.56 Å². The fourth-order valence-electron chi connectivity index (χ4n) is 2.20. The highest BCUT2D eigenvalue weighted by Crippen LogP contribution is 2.30. The Labute approximate surface area is 124 Å². The van der Waals surface area contributed by atoms with Crippen LogP contribution in [-0.4, -0.2) is 16.4 Å². The molecule has 0 spiro atoms. The predicted molar refractivity (Wildman–Crippen MR) is 83.3 cm³/mol. The SMILES string of the molecule is CC#CCOc1c(C)nn(C)c(=O)c1-c1ccccc1C. The molecule has 1 aromatic carbocycles. The summed E-state index contributed by atoms with van der Waals surface area (Å²) in [5.41, 5.74) is 2.93. The van der Waals surface area contributed by atoms with E-state index in [4.69, 9.17) is 4.74 Å². The van der Waals surface area contributed by atoms with Gasteiger partial charge in [-0.1, -0.05) is 30.2 Å². The van der Waals surface area contributed by atoms with Crippen molar-refractivity contribution in [3.8, 4) is 28.7 Å². The van der Waals surface area contributed by atoms with Gasteiger partial charge in [-0.2, -0.15) is 5.10 Å². The Hall–Kier alpha value is -2.54. The van der Waals surface area contributed by atoms with E-state index < -0.39 is 0 Å². The van der Waals surface area contributed by atoms with Crippen LogP contribution in [0.5, 0.6) is 5.75 Å². The van der Waals surface area contributed by atoms with Crippen LogP contribution in [0.3, 0.4) is 0 Å². The minimum Gasteiger partial charge on any atom is -0.478 e. The van der Waals surface area contributed by atoms with Crippen molar-refractivity contribution in [1.82, 2.24) is 9.78 Å². The summed E-state index contributed by atoms with van der Waals surface area (Å²) >= 11 is 0. The molecule has 0 bridgehead atoms. The largest absolute Gasteiger partial charge is 0.478 e. The molecule has 0 aliphatic carbocycles. The van der Waals surface area contributed by atoms with Crippen LogP contribution in [0.1, 0.15) is 18.2 Å². The number of hydrogen-bond acceptors (Lipinski definition) is 3. The third kappa shape index (κ3) is 2.97. The molecule has 0 saturated carbocycles. The predicted octanol–water partition coefficient (Wildman–Crippen LogP) is 2.47. The van der Waals surface area contributed by atoms with Crippen LogP contribution in [-0.2, 0) is 7.05 Å². The zero-order valence-corrected chi connectivity index (χ0v) is 12.7. The highest BCUT2D eigenvalue weighted by Gasteiger charge is 2.18. The molecule has 21 heavy (non-hydrogen) atoms. The van der Waals surface area contributed by atoms with E-state index in [1.54, 1.807) is 14.0 Å². The lowest BCUT2D eigenvalue weighted by Crippen LogP contribution is -2.24. The van der Waals surface area contributed by atoms with Crippen molar-refractivity contribution in [3.05, 3.63) is 45.9 Å². The van der Waals surface area contributed by atoms with E-state index in [1.807, 2.05) is 38.1 Å². The summed E-state index contributed by atoms with van der Waals surface area (Å²) in [4.78, 5) is 12.5. The van der Waals surface area contributed by atoms with Crippen LogP contribution in [0.2, 0.25) is 0 Å². The molecule has 0 aliphatic heterocycles. The quantitative estimate of drug-likeness (QED) is 0.812. The maximum atomic E-state index is 12.5. The maximum Gasteiger partial charge on any atom is 0.278 e. The third-order valence-electron chi connectivity index (χ3n) is 3.24. The molecule has 108 valence electrons. The molecule has 0 radical (unpaired) electrons. The molecule has 0 N–H and O–H groups in total. The van der Waals surface area contributed by atoms with Crippen molar-refractivity contribution in [2.45, 2.75) is 20.8 Å². The molecule has 0 atom stereocenters. The van der Waals surface area contributed by atoms with Gasteiger partial charge >= 0.3 is 0 Å². The number of ether oxygens (including phenoxy) is 1. The van der Waals surface area contributed by atoms with Gasteiger partial charge in [0.1, 0.15) is 12.3 Å². The van der Waals surface area contributed by atoms with Crippen molar-refractivity contribution in [3.63, 3.8) is 0 Å². The van der Waals surface area contributed by atoms with Crippen molar-refractivity contribution in [1.29, 1.82) is 0 Å². The van der Waals surface area contributed by atoms with E-state index >= 15 is 0 Å². The third-order valence-corrected chi connectivity index (χ3v) is 3.24. The second-order valence-electron chi connectivity index (χ2n) is 4.75. The van der Waals surface area contributed by atoms with Gasteiger partial charge in [-0.05, 0) is 31.9 Å². The summed E-state index contributed by atoms with van der Waals surface area (Å²) in [7, 11) is 1.65. The average Bonchev–Trinajstić information content (AvgIpc) is 2.46. The fraction of sp³-hybridized carbons (Fsp3) is 0.294. The van der Waals surface area contributed by atoms with Crippen molar-refractivity contribution >= 4 is 0 Å². The van der Waals surface area contributed by atoms with E-state index in [0.717, 1.165) is 11.1 Å². The van der Waals surface area contributed by atoms with Crippen LogP contribution >= 0.6 is 0 Å². The smallest absolute Gasteiger partial charge is 0.278 e. The van der Waals surface area contributed by atoms with Gasteiger partial charge in [0.15, 0.2) is 5.75 Å². The Morgan fingerprint density at radius 2 is 2.00 bits per heavy atom. The minimum absolute atomic E-state index is 0.172. The lowest BCUT2D eigenvalue weighted by Gasteiger charge is -2.14. The Morgan fingerprint density at radius 3 is 2.67 bits per heavy atom. The Bertz CT molecular complexity index is 780. The van der Waals surface area contributed by atoms with Gasteiger partial charge in [0.25, 0.3) is 5.56 Å². The minimum atomic E-state index is -0.172. The fourth-order valence-corrected chi connectivity index (χ4v) is 2.20. The van der Waals surface area contributed by atoms with Gasteiger partial charge in [-0.25, -0.2) is 4.68 Å². The molecule has 4 nitrogen and oxygen atoms in total. The first-order chi connectivity index (χ1) is 10.1. The van der Waals surface area contributed by atoms with Gasteiger partial charge in [0, 0.05) is 7.05 Å². The average molecular weight is 282 g/mol. The molecule has 1 aromatic heterocycles. The highest BCUT2D eigenvalue weighted by molar-refractivity contribution is 5.73. The Kier molecular flexibility index (Phi) is 4.44. The second kappa shape index (κ2) is 6.27. The number of rotatable bonds is 3. The number of benzene rings is 1. The van der Waals surface area contributed by atoms with Crippen LogP contribution < -0.4 is 10.3 Å². The first kappa shape index (κ1) is 14.9. The number of aromatic nitrogens is 2.